The summed E-state index contributed by atoms with van der Waals surface area (Å²) < 4.78 is 12.7. The molecule has 0 radical (unpaired) electrons. The summed E-state index contributed by atoms with van der Waals surface area (Å²) >= 11 is 0. The molecule has 0 spiro atoms. The lowest BCUT2D eigenvalue weighted by Gasteiger charge is -2.57. The fraction of sp³-hybridized carbons (Fsp3) is 0.357. The third-order valence-electron chi connectivity index (χ3n) is 8.04. The van der Waals surface area contributed by atoms with Crippen molar-refractivity contribution in [2.24, 2.45) is 17.8 Å². The number of nitrogen functional groups attached to an aromatic ring is 2. The summed E-state index contributed by atoms with van der Waals surface area (Å²) in [5.74, 6) is 4.47. The maximum Gasteiger partial charge on any atom is 0.173 e. The Kier molecular flexibility index (Phi) is 4.80. The molecule has 0 aromatic heterocycles. The van der Waals surface area contributed by atoms with E-state index in [2.05, 4.69) is 6.07 Å². The van der Waals surface area contributed by atoms with Gasteiger partial charge in [0.2, 0.25) is 0 Å². The smallest absolute Gasteiger partial charge is 0.173 e. The number of phenolic OH excluding ortho intramolecular Hbond substituents is 2. The summed E-state index contributed by atoms with van der Waals surface area (Å²) in [5.41, 5.74) is 13.4. The molecule has 4 aliphatic rings. The number of anilines is 2. The Bertz CT molecular complexity index is 1220. The molecule has 34 heavy (non-hydrogen) atoms. The molecule has 0 aliphatic heterocycles. The van der Waals surface area contributed by atoms with Crippen molar-refractivity contribution in [1.29, 1.82) is 0 Å². The van der Waals surface area contributed by atoms with Crippen LogP contribution in [0.25, 0.3) is 0 Å². The number of hydrogen-bond acceptors (Lipinski definition) is 6. The first-order chi connectivity index (χ1) is 16.4. The van der Waals surface area contributed by atoms with E-state index in [1.54, 1.807) is 24.3 Å². The van der Waals surface area contributed by atoms with Gasteiger partial charge in [-0.2, -0.15) is 0 Å². The second-order valence-corrected chi connectivity index (χ2v) is 10.5. The SMILES string of the molecule is Nc1ccc(Oc2cccc(C34CC5CC(CC(C5)C3)C4)c2Oc2ccc(N)c(O)c2)cc1O. The number of phenols is 2. The van der Waals surface area contributed by atoms with Crippen LogP contribution in [0.3, 0.4) is 0 Å². The van der Waals surface area contributed by atoms with E-state index in [4.69, 9.17) is 20.9 Å². The second-order valence-electron chi connectivity index (χ2n) is 10.5. The first kappa shape index (κ1) is 21.0. The Morgan fingerprint density at radius 1 is 0.706 bits per heavy atom. The van der Waals surface area contributed by atoms with Gasteiger partial charge in [-0.25, -0.2) is 0 Å². The van der Waals surface area contributed by atoms with Crippen LogP contribution in [0, 0.1) is 17.8 Å². The molecular weight excluding hydrogens is 428 g/mol. The van der Waals surface area contributed by atoms with Crippen LogP contribution in [0.5, 0.6) is 34.5 Å². The molecule has 0 amide bonds. The Morgan fingerprint density at radius 3 is 1.76 bits per heavy atom. The number of ether oxygens (including phenoxy) is 2. The van der Waals surface area contributed by atoms with Crippen molar-refractivity contribution < 1.29 is 19.7 Å². The zero-order valence-electron chi connectivity index (χ0n) is 19.0. The van der Waals surface area contributed by atoms with E-state index < -0.39 is 0 Å². The van der Waals surface area contributed by atoms with Crippen molar-refractivity contribution in [2.45, 2.75) is 43.9 Å². The molecule has 6 N–H and O–H groups in total. The number of aromatic hydroxyl groups is 2. The van der Waals surface area contributed by atoms with Crippen molar-refractivity contribution in [3.8, 4) is 34.5 Å². The lowest BCUT2D eigenvalue weighted by Crippen LogP contribution is -2.48. The summed E-state index contributed by atoms with van der Waals surface area (Å²) in [6.07, 6.45) is 7.57. The van der Waals surface area contributed by atoms with Crippen LogP contribution in [0.15, 0.2) is 54.6 Å². The molecule has 4 aliphatic carbocycles. The fourth-order valence-corrected chi connectivity index (χ4v) is 6.98. The standard InChI is InChI=1S/C28H30N2O4/c29-22-6-4-19(11-24(22)31)33-26-3-1-2-21(27(26)34-20-5-7-23(30)25(32)12-20)28-13-16-8-17(14-28)10-18(9-16)15-28/h1-7,11-12,16-18,31-32H,8-10,13-15,29-30H2. The average Bonchev–Trinajstić information content (AvgIpc) is 2.79. The van der Waals surface area contributed by atoms with Crippen molar-refractivity contribution in [1.82, 2.24) is 0 Å². The molecule has 4 fully saturated rings. The van der Waals surface area contributed by atoms with Gasteiger partial charge in [-0.1, -0.05) is 12.1 Å². The minimum atomic E-state index is -0.0272. The van der Waals surface area contributed by atoms with Gasteiger partial charge in [0, 0.05) is 17.7 Å². The zero-order valence-corrected chi connectivity index (χ0v) is 19.0. The Morgan fingerprint density at radius 2 is 1.24 bits per heavy atom. The van der Waals surface area contributed by atoms with Crippen LogP contribution in [-0.2, 0) is 5.41 Å². The van der Waals surface area contributed by atoms with E-state index in [0.717, 1.165) is 17.8 Å². The Labute approximate surface area is 199 Å². The highest BCUT2D eigenvalue weighted by atomic mass is 16.5. The molecule has 0 heterocycles. The molecule has 3 aromatic rings. The van der Waals surface area contributed by atoms with Gasteiger partial charge < -0.3 is 31.2 Å². The zero-order chi connectivity index (χ0) is 23.4. The predicted molar refractivity (Wildman–Crippen MR) is 131 cm³/mol. The van der Waals surface area contributed by atoms with Gasteiger partial charge in [0.25, 0.3) is 0 Å². The van der Waals surface area contributed by atoms with E-state index in [-0.39, 0.29) is 16.9 Å². The van der Waals surface area contributed by atoms with Crippen LogP contribution in [0.1, 0.15) is 44.1 Å². The highest BCUT2D eigenvalue weighted by Gasteiger charge is 2.52. The van der Waals surface area contributed by atoms with E-state index >= 15 is 0 Å². The molecule has 0 unspecified atom stereocenters. The minimum Gasteiger partial charge on any atom is -0.506 e. The van der Waals surface area contributed by atoms with Crippen molar-refractivity contribution in [3.05, 3.63) is 60.2 Å². The summed E-state index contributed by atoms with van der Waals surface area (Å²) in [5, 5.41) is 20.2. The van der Waals surface area contributed by atoms with Crippen LogP contribution in [0.4, 0.5) is 11.4 Å². The maximum absolute atomic E-state index is 10.2. The van der Waals surface area contributed by atoms with Gasteiger partial charge in [0.05, 0.1) is 11.4 Å². The Hall–Kier alpha value is -3.54. The van der Waals surface area contributed by atoms with E-state index in [0.29, 0.717) is 34.4 Å². The predicted octanol–water partition coefficient (Wildman–Crippen LogP) is 6.31. The fourth-order valence-electron chi connectivity index (χ4n) is 6.98. The third kappa shape index (κ3) is 3.58. The lowest BCUT2D eigenvalue weighted by atomic mass is 9.48. The topological polar surface area (TPSA) is 111 Å². The highest BCUT2D eigenvalue weighted by Crippen LogP contribution is 2.63. The summed E-state index contributed by atoms with van der Waals surface area (Å²) in [6, 6.07) is 15.8. The van der Waals surface area contributed by atoms with Crippen LogP contribution >= 0.6 is 0 Å². The van der Waals surface area contributed by atoms with Crippen LogP contribution in [-0.4, -0.2) is 10.2 Å². The quantitative estimate of drug-likeness (QED) is 0.263. The molecule has 3 aromatic carbocycles. The summed E-state index contributed by atoms with van der Waals surface area (Å²) in [4.78, 5) is 0. The molecule has 4 bridgehead atoms. The van der Waals surface area contributed by atoms with Gasteiger partial charge >= 0.3 is 0 Å². The first-order valence-electron chi connectivity index (χ1n) is 12.0. The molecule has 6 heteroatoms. The van der Waals surface area contributed by atoms with Gasteiger partial charge in [-0.05, 0) is 92.0 Å². The maximum atomic E-state index is 10.2. The van der Waals surface area contributed by atoms with Crippen molar-refractivity contribution >= 4 is 11.4 Å². The number of hydrogen-bond donors (Lipinski definition) is 4. The second kappa shape index (κ2) is 7.76. The molecule has 7 rings (SSSR count). The van der Waals surface area contributed by atoms with Gasteiger partial charge in [0.15, 0.2) is 11.5 Å². The first-order valence-corrected chi connectivity index (χ1v) is 12.0. The van der Waals surface area contributed by atoms with Gasteiger partial charge in [0.1, 0.15) is 23.0 Å². The molecule has 4 saturated carbocycles. The largest absolute Gasteiger partial charge is 0.506 e. The number of nitrogens with two attached hydrogens (primary N) is 2. The number of rotatable bonds is 5. The van der Waals surface area contributed by atoms with Crippen LogP contribution in [0.2, 0.25) is 0 Å². The molecule has 0 atom stereocenters. The molecule has 0 saturated heterocycles. The number of para-hydroxylation sites is 1. The number of benzene rings is 3. The molecular formula is C28H30N2O4. The monoisotopic (exact) mass is 458 g/mol. The van der Waals surface area contributed by atoms with Crippen LogP contribution < -0.4 is 20.9 Å². The van der Waals surface area contributed by atoms with E-state index in [1.165, 1.54) is 56.2 Å². The minimum absolute atomic E-state index is 0.0179. The van der Waals surface area contributed by atoms with E-state index in [9.17, 15) is 10.2 Å². The highest BCUT2D eigenvalue weighted by molar-refractivity contribution is 5.59. The Balaban J connectivity index is 1.45. The summed E-state index contributed by atoms with van der Waals surface area (Å²) in [6.45, 7) is 0. The molecule has 6 nitrogen and oxygen atoms in total. The average molecular weight is 459 g/mol. The van der Waals surface area contributed by atoms with E-state index in [1.807, 2.05) is 12.1 Å². The van der Waals surface area contributed by atoms with Crippen molar-refractivity contribution in [2.75, 3.05) is 11.5 Å². The molecule has 176 valence electrons. The lowest BCUT2D eigenvalue weighted by molar-refractivity contribution is -0.00608. The van der Waals surface area contributed by atoms with Crippen molar-refractivity contribution in [3.63, 3.8) is 0 Å². The van der Waals surface area contributed by atoms with Gasteiger partial charge in [-0.15, -0.1) is 0 Å². The third-order valence-corrected chi connectivity index (χ3v) is 8.04. The van der Waals surface area contributed by atoms with Gasteiger partial charge in [-0.3, -0.25) is 0 Å². The summed E-state index contributed by atoms with van der Waals surface area (Å²) in [7, 11) is 0. The normalized spacial score (nSPS) is 27.0.